The summed E-state index contributed by atoms with van der Waals surface area (Å²) in [6, 6.07) is 3.80. The third-order valence-electron chi connectivity index (χ3n) is 1.43. The molecule has 2 aromatic heterocycles. The van der Waals surface area contributed by atoms with E-state index in [-0.39, 0.29) is 0 Å². The molecule has 0 atom stereocenters. The van der Waals surface area contributed by atoms with Crippen LogP contribution in [0.3, 0.4) is 0 Å². The van der Waals surface area contributed by atoms with Gasteiger partial charge in [0.2, 0.25) is 0 Å². The second-order valence-corrected chi connectivity index (χ2v) is 3.18. The Hall–Kier alpha value is -1.07. The van der Waals surface area contributed by atoms with Gasteiger partial charge in [0.15, 0.2) is 0 Å². The van der Waals surface area contributed by atoms with E-state index >= 15 is 0 Å². The lowest BCUT2D eigenvalue weighted by Gasteiger charge is -1.91. The number of nitrogens with one attached hydrogen (secondary N) is 1. The summed E-state index contributed by atoms with van der Waals surface area (Å²) in [6.45, 7) is 0. The van der Waals surface area contributed by atoms with E-state index in [9.17, 15) is 0 Å². The molecule has 60 valence electrons. The van der Waals surface area contributed by atoms with Crippen LogP contribution in [0, 0.1) is 4.64 Å². The lowest BCUT2D eigenvalue weighted by molar-refractivity contribution is 1.31. The maximum atomic E-state index is 5.03. The Balaban J connectivity index is 2.59. The highest BCUT2D eigenvalue weighted by atomic mass is 32.1. The van der Waals surface area contributed by atoms with Crippen LogP contribution >= 0.6 is 23.9 Å². The standard InChI is InChI=1S/C7H5N3S2/c11-7-6(9-12-10-7)5-2-1-3-8-4-5/h1-4H,(H,10,11). The van der Waals surface area contributed by atoms with Gasteiger partial charge in [0.25, 0.3) is 0 Å². The molecule has 0 aromatic carbocycles. The van der Waals surface area contributed by atoms with Crippen LogP contribution in [0.25, 0.3) is 11.3 Å². The molecule has 0 bridgehead atoms. The molecule has 2 heterocycles. The zero-order valence-electron chi connectivity index (χ0n) is 6.02. The Bertz CT molecular complexity index is 417. The van der Waals surface area contributed by atoms with Gasteiger partial charge in [0.05, 0.1) is 0 Å². The molecule has 5 heteroatoms. The molecule has 2 rings (SSSR count). The zero-order chi connectivity index (χ0) is 8.39. The van der Waals surface area contributed by atoms with Crippen LogP contribution in [0.1, 0.15) is 0 Å². The molecule has 0 aliphatic rings. The molecule has 0 aliphatic carbocycles. The average Bonchev–Trinajstić information content (AvgIpc) is 2.53. The molecule has 2 aromatic rings. The van der Waals surface area contributed by atoms with Crippen molar-refractivity contribution in [2.45, 2.75) is 0 Å². The second kappa shape index (κ2) is 3.12. The first kappa shape index (κ1) is 7.57. The predicted octanol–water partition coefficient (Wildman–Crippen LogP) is 2.26. The van der Waals surface area contributed by atoms with Crippen molar-refractivity contribution in [2.24, 2.45) is 0 Å². The lowest BCUT2D eigenvalue weighted by atomic mass is 10.2. The first-order valence-electron chi connectivity index (χ1n) is 3.32. The third kappa shape index (κ3) is 1.28. The topological polar surface area (TPSA) is 41.6 Å². The van der Waals surface area contributed by atoms with Gasteiger partial charge in [-0.3, -0.25) is 9.36 Å². The summed E-state index contributed by atoms with van der Waals surface area (Å²) in [4.78, 5) is 3.99. The normalized spacial score (nSPS) is 10.0. The molecule has 0 fully saturated rings. The minimum absolute atomic E-state index is 0.674. The molecule has 0 amide bonds. The van der Waals surface area contributed by atoms with Crippen molar-refractivity contribution in [3.05, 3.63) is 29.2 Å². The summed E-state index contributed by atoms with van der Waals surface area (Å²) < 4.78 is 7.69. The smallest absolute Gasteiger partial charge is 0.141 e. The van der Waals surface area contributed by atoms with E-state index in [4.69, 9.17) is 12.2 Å². The maximum Gasteiger partial charge on any atom is 0.141 e. The Labute approximate surface area is 78.4 Å². The van der Waals surface area contributed by atoms with Crippen molar-refractivity contribution in [3.8, 4) is 11.3 Å². The van der Waals surface area contributed by atoms with Gasteiger partial charge < -0.3 is 0 Å². The Morgan fingerprint density at radius 1 is 1.50 bits per heavy atom. The van der Waals surface area contributed by atoms with E-state index in [2.05, 4.69) is 13.7 Å². The number of nitrogens with zero attached hydrogens (tertiary/aromatic N) is 2. The SMILES string of the molecule is S=c1[nH]snc1-c1cccnc1. The van der Waals surface area contributed by atoms with Crippen LogP contribution < -0.4 is 0 Å². The molecule has 3 nitrogen and oxygen atoms in total. The minimum atomic E-state index is 0.674. The molecule has 0 saturated heterocycles. The Morgan fingerprint density at radius 2 is 2.42 bits per heavy atom. The van der Waals surface area contributed by atoms with Gasteiger partial charge in [0.1, 0.15) is 10.3 Å². The quantitative estimate of drug-likeness (QED) is 0.710. The van der Waals surface area contributed by atoms with Crippen LogP contribution in [0.4, 0.5) is 0 Å². The van der Waals surface area contributed by atoms with Crippen LogP contribution in [-0.4, -0.2) is 13.7 Å². The first-order valence-corrected chi connectivity index (χ1v) is 4.51. The highest BCUT2D eigenvalue weighted by Gasteiger charge is 2.01. The van der Waals surface area contributed by atoms with Crippen molar-refractivity contribution in [2.75, 3.05) is 0 Å². The summed E-state index contributed by atoms with van der Waals surface area (Å²) >= 11 is 6.29. The molecule has 0 spiro atoms. The lowest BCUT2D eigenvalue weighted by Crippen LogP contribution is -1.78. The van der Waals surface area contributed by atoms with Crippen molar-refractivity contribution in [1.82, 2.24) is 13.7 Å². The summed E-state index contributed by atoms with van der Waals surface area (Å²) in [5.41, 5.74) is 1.77. The number of hydrogen-bond donors (Lipinski definition) is 1. The van der Waals surface area contributed by atoms with Crippen molar-refractivity contribution < 1.29 is 0 Å². The molecule has 0 radical (unpaired) electrons. The molecular weight excluding hydrogens is 190 g/mol. The Morgan fingerprint density at radius 3 is 3.00 bits per heavy atom. The van der Waals surface area contributed by atoms with Gasteiger partial charge in [-0.25, -0.2) is 0 Å². The van der Waals surface area contributed by atoms with Crippen LogP contribution in [0.2, 0.25) is 0 Å². The number of rotatable bonds is 1. The minimum Gasteiger partial charge on any atom is -0.284 e. The summed E-state index contributed by atoms with van der Waals surface area (Å²) in [5.74, 6) is 0. The molecule has 0 saturated carbocycles. The van der Waals surface area contributed by atoms with Gasteiger partial charge in [-0.1, -0.05) is 12.2 Å². The van der Waals surface area contributed by atoms with E-state index in [0.717, 1.165) is 11.3 Å². The summed E-state index contributed by atoms with van der Waals surface area (Å²) in [6.07, 6.45) is 3.47. The molecular formula is C7H5N3S2. The number of aromatic amines is 1. The van der Waals surface area contributed by atoms with Crippen LogP contribution in [0.15, 0.2) is 24.5 Å². The van der Waals surface area contributed by atoms with Crippen molar-refractivity contribution in [1.29, 1.82) is 0 Å². The fourth-order valence-electron chi connectivity index (χ4n) is 0.886. The predicted molar refractivity (Wildman–Crippen MR) is 50.5 cm³/mol. The molecule has 1 N–H and O–H groups in total. The fourth-order valence-corrected chi connectivity index (χ4v) is 1.73. The monoisotopic (exact) mass is 195 g/mol. The van der Waals surface area contributed by atoms with Gasteiger partial charge in [-0.05, 0) is 12.1 Å². The highest BCUT2D eigenvalue weighted by molar-refractivity contribution is 7.71. The average molecular weight is 195 g/mol. The van der Waals surface area contributed by atoms with Crippen molar-refractivity contribution in [3.63, 3.8) is 0 Å². The van der Waals surface area contributed by atoms with Crippen LogP contribution in [0.5, 0.6) is 0 Å². The van der Waals surface area contributed by atoms with Gasteiger partial charge in [-0.2, -0.15) is 4.37 Å². The summed E-state index contributed by atoms with van der Waals surface area (Å²) in [7, 11) is 0. The number of pyridine rings is 1. The molecule has 0 unspecified atom stereocenters. The van der Waals surface area contributed by atoms with E-state index in [0.29, 0.717) is 4.64 Å². The van der Waals surface area contributed by atoms with Crippen LogP contribution in [-0.2, 0) is 0 Å². The zero-order valence-corrected chi connectivity index (χ0v) is 7.65. The van der Waals surface area contributed by atoms with Crippen molar-refractivity contribution >= 4 is 23.9 Å². The second-order valence-electron chi connectivity index (χ2n) is 2.20. The number of aromatic nitrogens is 3. The number of hydrogen-bond acceptors (Lipinski definition) is 4. The van der Waals surface area contributed by atoms with E-state index in [1.807, 2.05) is 12.1 Å². The van der Waals surface area contributed by atoms with E-state index in [1.165, 1.54) is 11.7 Å². The summed E-state index contributed by atoms with van der Waals surface area (Å²) in [5, 5.41) is 0. The number of H-pyrrole nitrogens is 1. The fraction of sp³-hybridized carbons (Fsp3) is 0. The maximum absolute atomic E-state index is 5.03. The highest BCUT2D eigenvalue weighted by Crippen LogP contribution is 2.16. The molecule has 0 aliphatic heterocycles. The van der Waals surface area contributed by atoms with E-state index < -0.39 is 0 Å². The first-order chi connectivity index (χ1) is 5.88. The largest absolute Gasteiger partial charge is 0.284 e. The Kier molecular flexibility index (Phi) is 1.97. The van der Waals surface area contributed by atoms with E-state index in [1.54, 1.807) is 12.4 Å². The molecule has 12 heavy (non-hydrogen) atoms. The van der Waals surface area contributed by atoms with Gasteiger partial charge in [-0.15, -0.1) is 0 Å². The van der Waals surface area contributed by atoms with Gasteiger partial charge in [0, 0.05) is 29.7 Å². The van der Waals surface area contributed by atoms with Gasteiger partial charge >= 0.3 is 0 Å². The third-order valence-corrected chi connectivity index (χ3v) is 2.42.